The van der Waals surface area contributed by atoms with Gasteiger partial charge in [-0.25, -0.2) is 0 Å². The van der Waals surface area contributed by atoms with E-state index in [9.17, 15) is 0 Å². The van der Waals surface area contributed by atoms with Crippen LogP contribution >= 0.6 is 0 Å². The second-order valence-electron chi connectivity index (χ2n) is 5.26. The summed E-state index contributed by atoms with van der Waals surface area (Å²) in [6.07, 6.45) is 0. The number of methoxy groups -OCH3 is 1. The van der Waals surface area contributed by atoms with Crippen LogP contribution in [0.15, 0.2) is 48.5 Å². The fraction of sp³-hybridized carbons (Fsp3) is 0.333. The number of aryl methyl sites for hydroxylation is 1. The molecule has 0 bridgehead atoms. The molecular formula is C18H23NO. The quantitative estimate of drug-likeness (QED) is 0.867. The molecule has 0 saturated heterocycles. The fourth-order valence-electron chi connectivity index (χ4n) is 2.44. The Kier molecular flexibility index (Phi) is 4.80. The number of hydrogen-bond donors (Lipinski definition) is 1. The molecule has 0 amide bonds. The highest BCUT2D eigenvalue weighted by molar-refractivity contribution is 5.36. The predicted molar refractivity (Wildman–Crippen MR) is 84.1 cm³/mol. The molecule has 0 aliphatic rings. The largest absolute Gasteiger partial charge is 0.496 e. The Morgan fingerprint density at radius 2 is 1.55 bits per heavy atom. The van der Waals surface area contributed by atoms with E-state index in [1.54, 1.807) is 7.11 Å². The van der Waals surface area contributed by atoms with Crippen LogP contribution in [0.4, 0.5) is 0 Å². The minimum Gasteiger partial charge on any atom is -0.496 e. The van der Waals surface area contributed by atoms with Gasteiger partial charge in [-0.15, -0.1) is 0 Å². The van der Waals surface area contributed by atoms with Crippen LogP contribution < -0.4 is 10.1 Å². The van der Waals surface area contributed by atoms with Crippen LogP contribution in [0.2, 0.25) is 0 Å². The van der Waals surface area contributed by atoms with E-state index in [1.165, 1.54) is 16.7 Å². The lowest BCUT2D eigenvalue weighted by Gasteiger charge is -2.22. The molecule has 2 heteroatoms. The van der Waals surface area contributed by atoms with Crippen molar-refractivity contribution in [2.75, 3.05) is 7.11 Å². The first-order valence-electron chi connectivity index (χ1n) is 7.07. The van der Waals surface area contributed by atoms with Gasteiger partial charge in [-0.3, -0.25) is 0 Å². The van der Waals surface area contributed by atoms with E-state index < -0.39 is 0 Å². The number of rotatable bonds is 5. The highest BCUT2D eigenvalue weighted by Crippen LogP contribution is 2.26. The summed E-state index contributed by atoms with van der Waals surface area (Å²) in [7, 11) is 1.72. The zero-order valence-electron chi connectivity index (χ0n) is 12.7. The zero-order chi connectivity index (χ0) is 14.5. The first-order chi connectivity index (χ1) is 9.61. The molecule has 0 spiro atoms. The molecule has 0 aliphatic carbocycles. The standard InChI is InChI=1S/C18H23NO/c1-13-9-11-16(12-10-13)14(2)19-15(3)17-7-5-6-8-18(17)20-4/h5-12,14-15,19H,1-4H3/t14-,15?/m0/s1. The summed E-state index contributed by atoms with van der Waals surface area (Å²) >= 11 is 0. The SMILES string of the molecule is COc1ccccc1C(C)N[C@@H](C)c1ccc(C)cc1. The molecule has 2 aromatic rings. The highest BCUT2D eigenvalue weighted by Gasteiger charge is 2.14. The molecule has 0 aliphatic heterocycles. The average Bonchev–Trinajstić information content (AvgIpc) is 2.47. The van der Waals surface area contributed by atoms with Crippen LogP contribution in [0.3, 0.4) is 0 Å². The number of hydrogen-bond acceptors (Lipinski definition) is 2. The third-order valence-electron chi connectivity index (χ3n) is 3.68. The zero-order valence-corrected chi connectivity index (χ0v) is 12.7. The van der Waals surface area contributed by atoms with Crippen LogP contribution in [-0.4, -0.2) is 7.11 Å². The van der Waals surface area contributed by atoms with Gasteiger partial charge in [-0.05, 0) is 32.4 Å². The van der Waals surface area contributed by atoms with Crippen molar-refractivity contribution in [2.24, 2.45) is 0 Å². The smallest absolute Gasteiger partial charge is 0.123 e. The van der Waals surface area contributed by atoms with Gasteiger partial charge < -0.3 is 10.1 Å². The molecule has 2 aromatic carbocycles. The van der Waals surface area contributed by atoms with Crippen molar-refractivity contribution in [1.82, 2.24) is 5.32 Å². The van der Waals surface area contributed by atoms with Crippen molar-refractivity contribution < 1.29 is 4.74 Å². The number of benzene rings is 2. The molecule has 106 valence electrons. The van der Waals surface area contributed by atoms with Gasteiger partial charge in [-0.2, -0.15) is 0 Å². The summed E-state index contributed by atoms with van der Waals surface area (Å²) < 4.78 is 5.43. The van der Waals surface area contributed by atoms with E-state index in [-0.39, 0.29) is 6.04 Å². The molecule has 2 rings (SSSR count). The summed E-state index contributed by atoms with van der Waals surface area (Å²) in [6.45, 7) is 6.47. The van der Waals surface area contributed by atoms with Crippen LogP contribution in [0, 0.1) is 6.92 Å². The Morgan fingerprint density at radius 1 is 0.900 bits per heavy atom. The maximum Gasteiger partial charge on any atom is 0.123 e. The van der Waals surface area contributed by atoms with Crippen molar-refractivity contribution in [2.45, 2.75) is 32.9 Å². The Balaban J connectivity index is 2.10. The minimum absolute atomic E-state index is 0.238. The molecule has 2 atom stereocenters. The number of ether oxygens (including phenoxy) is 1. The lowest BCUT2D eigenvalue weighted by Crippen LogP contribution is -2.22. The Morgan fingerprint density at radius 3 is 2.20 bits per heavy atom. The van der Waals surface area contributed by atoms with Gasteiger partial charge in [0.05, 0.1) is 7.11 Å². The molecule has 0 fully saturated rings. The van der Waals surface area contributed by atoms with E-state index in [0.29, 0.717) is 6.04 Å². The third kappa shape index (κ3) is 3.40. The van der Waals surface area contributed by atoms with Crippen molar-refractivity contribution >= 4 is 0 Å². The minimum atomic E-state index is 0.238. The Hall–Kier alpha value is -1.80. The third-order valence-corrected chi connectivity index (χ3v) is 3.68. The molecule has 0 aromatic heterocycles. The molecule has 0 heterocycles. The summed E-state index contributed by atoms with van der Waals surface area (Å²) in [4.78, 5) is 0. The van der Waals surface area contributed by atoms with Gasteiger partial charge in [0, 0.05) is 17.6 Å². The normalized spacial score (nSPS) is 13.8. The summed E-state index contributed by atoms with van der Waals surface area (Å²) in [5.74, 6) is 0.934. The number of para-hydroxylation sites is 1. The second kappa shape index (κ2) is 6.58. The van der Waals surface area contributed by atoms with Crippen molar-refractivity contribution in [3.8, 4) is 5.75 Å². The molecule has 0 radical (unpaired) electrons. The maximum atomic E-state index is 5.43. The van der Waals surface area contributed by atoms with Gasteiger partial charge in [0.15, 0.2) is 0 Å². The second-order valence-corrected chi connectivity index (χ2v) is 5.26. The Labute approximate surface area is 121 Å². The summed E-state index contributed by atoms with van der Waals surface area (Å²) in [5, 5.41) is 3.63. The molecule has 1 N–H and O–H groups in total. The van der Waals surface area contributed by atoms with E-state index in [1.807, 2.05) is 18.2 Å². The van der Waals surface area contributed by atoms with E-state index in [4.69, 9.17) is 4.74 Å². The number of nitrogens with one attached hydrogen (secondary N) is 1. The van der Waals surface area contributed by atoms with E-state index >= 15 is 0 Å². The highest BCUT2D eigenvalue weighted by atomic mass is 16.5. The first kappa shape index (κ1) is 14.6. The molecule has 0 saturated carbocycles. The van der Waals surface area contributed by atoms with Crippen LogP contribution in [0.1, 0.15) is 42.6 Å². The Bertz CT molecular complexity index is 548. The van der Waals surface area contributed by atoms with Gasteiger partial charge in [0.25, 0.3) is 0 Å². The summed E-state index contributed by atoms with van der Waals surface area (Å²) in [5.41, 5.74) is 3.78. The van der Waals surface area contributed by atoms with Gasteiger partial charge >= 0.3 is 0 Å². The summed E-state index contributed by atoms with van der Waals surface area (Å²) in [6, 6.07) is 17.4. The molecule has 20 heavy (non-hydrogen) atoms. The molecular weight excluding hydrogens is 246 g/mol. The van der Waals surface area contributed by atoms with Crippen LogP contribution in [-0.2, 0) is 0 Å². The maximum absolute atomic E-state index is 5.43. The first-order valence-corrected chi connectivity index (χ1v) is 7.07. The lowest BCUT2D eigenvalue weighted by molar-refractivity contribution is 0.396. The van der Waals surface area contributed by atoms with E-state index in [2.05, 4.69) is 56.4 Å². The van der Waals surface area contributed by atoms with Crippen LogP contribution in [0.25, 0.3) is 0 Å². The van der Waals surface area contributed by atoms with Crippen molar-refractivity contribution in [3.63, 3.8) is 0 Å². The molecule has 1 unspecified atom stereocenters. The van der Waals surface area contributed by atoms with Gasteiger partial charge in [-0.1, -0.05) is 48.0 Å². The average molecular weight is 269 g/mol. The lowest BCUT2D eigenvalue weighted by atomic mass is 10.0. The van der Waals surface area contributed by atoms with Crippen molar-refractivity contribution in [3.05, 3.63) is 65.2 Å². The van der Waals surface area contributed by atoms with Crippen molar-refractivity contribution in [1.29, 1.82) is 0 Å². The van der Waals surface area contributed by atoms with Gasteiger partial charge in [0.1, 0.15) is 5.75 Å². The van der Waals surface area contributed by atoms with Gasteiger partial charge in [0.2, 0.25) is 0 Å². The van der Waals surface area contributed by atoms with Crippen LogP contribution in [0.5, 0.6) is 5.75 Å². The monoisotopic (exact) mass is 269 g/mol. The topological polar surface area (TPSA) is 21.3 Å². The predicted octanol–water partition coefficient (Wildman–Crippen LogP) is 4.42. The fourth-order valence-corrected chi connectivity index (χ4v) is 2.44. The molecule has 2 nitrogen and oxygen atoms in total. The van der Waals surface area contributed by atoms with E-state index in [0.717, 1.165) is 5.75 Å².